The van der Waals surface area contributed by atoms with E-state index in [4.69, 9.17) is 4.74 Å². The van der Waals surface area contributed by atoms with E-state index >= 15 is 0 Å². The monoisotopic (exact) mass is 299 g/mol. The molecule has 1 aromatic carbocycles. The first-order valence-electron chi connectivity index (χ1n) is 7.43. The van der Waals surface area contributed by atoms with Crippen molar-refractivity contribution in [2.45, 2.75) is 0 Å². The molecule has 1 saturated heterocycles. The number of nitrogens with zero attached hydrogens (tertiary/aromatic N) is 4. The number of methoxy groups -OCH3 is 1. The summed E-state index contributed by atoms with van der Waals surface area (Å²) < 4.78 is 5.34. The topological polar surface area (TPSA) is 53.5 Å². The number of piperazine rings is 1. The molecule has 116 valence electrons. The summed E-state index contributed by atoms with van der Waals surface area (Å²) in [6.45, 7) is 4.09. The average molecular weight is 299 g/mol. The fourth-order valence-electron chi connectivity index (χ4n) is 2.49. The maximum Gasteiger partial charge on any atom is 0.229 e. The standard InChI is InChI=1S/C16H21N5O/c1-20-9-11-21(12-10-20)15-7-8-17-16(19-15)18-13-5-3-4-6-14(13)22-2/h3-8H,9-12H2,1-2H3,(H,17,18,19). The molecule has 1 N–H and O–H groups in total. The van der Waals surface area contributed by atoms with Crippen LogP contribution < -0.4 is 15.0 Å². The third-order valence-corrected chi connectivity index (χ3v) is 3.82. The van der Waals surface area contributed by atoms with Crippen LogP contribution in [-0.2, 0) is 0 Å². The molecule has 0 aliphatic carbocycles. The quantitative estimate of drug-likeness (QED) is 0.931. The van der Waals surface area contributed by atoms with Crippen LogP contribution in [-0.4, -0.2) is 55.2 Å². The van der Waals surface area contributed by atoms with Gasteiger partial charge in [0.05, 0.1) is 12.8 Å². The molecule has 3 rings (SSSR count). The molecule has 0 bridgehead atoms. The number of hydrogen-bond donors (Lipinski definition) is 1. The number of benzene rings is 1. The van der Waals surface area contributed by atoms with Gasteiger partial charge in [0.15, 0.2) is 0 Å². The molecule has 22 heavy (non-hydrogen) atoms. The average Bonchev–Trinajstić information content (AvgIpc) is 2.56. The molecule has 6 heteroatoms. The van der Waals surface area contributed by atoms with E-state index in [1.54, 1.807) is 13.3 Å². The summed E-state index contributed by atoms with van der Waals surface area (Å²) in [7, 11) is 3.80. The molecule has 1 aromatic heterocycles. The van der Waals surface area contributed by atoms with Crippen molar-refractivity contribution in [1.29, 1.82) is 0 Å². The van der Waals surface area contributed by atoms with Crippen LogP contribution in [0.1, 0.15) is 0 Å². The summed E-state index contributed by atoms with van der Waals surface area (Å²) in [6, 6.07) is 9.71. The van der Waals surface area contributed by atoms with Crippen LogP contribution in [0.5, 0.6) is 5.75 Å². The highest BCUT2D eigenvalue weighted by molar-refractivity contribution is 5.63. The van der Waals surface area contributed by atoms with E-state index in [9.17, 15) is 0 Å². The van der Waals surface area contributed by atoms with Gasteiger partial charge in [0.1, 0.15) is 11.6 Å². The second-order valence-corrected chi connectivity index (χ2v) is 5.35. The van der Waals surface area contributed by atoms with Crippen LogP contribution in [0.3, 0.4) is 0 Å². The highest BCUT2D eigenvalue weighted by Crippen LogP contribution is 2.26. The number of para-hydroxylation sites is 2. The van der Waals surface area contributed by atoms with Crippen molar-refractivity contribution in [2.75, 3.05) is 50.6 Å². The summed E-state index contributed by atoms with van der Waals surface area (Å²) in [5, 5.41) is 3.23. The molecule has 0 unspecified atom stereocenters. The van der Waals surface area contributed by atoms with Gasteiger partial charge >= 0.3 is 0 Å². The van der Waals surface area contributed by atoms with E-state index in [1.807, 2.05) is 30.3 Å². The van der Waals surface area contributed by atoms with E-state index in [-0.39, 0.29) is 0 Å². The minimum absolute atomic E-state index is 0.584. The van der Waals surface area contributed by atoms with Gasteiger partial charge in [-0.3, -0.25) is 0 Å². The lowest BCUT2D eigenvalue weighted by Crippen LogP contribution is -2.44. The van der Waals surface area contributed by atoms with Crippen molar-refractivity contribution >= 4 is 17.5 Å². The molecular formula is C16H21N5O. The third kappa shape index (κ3) is 3.28. The molecule has 1 aliphatic rings. The molecule has 1 aliphatic heterocycles. The lowest BCUT2D eigenvalue weighted by atomic mass is 10.3. The van der Waals surface area contributed by atoms with Gasteiger partial charge in [-0.1, -0.05) is 12.1 Å². The number of ether oxygens (including phenoxy) is 1. The zero-order chi connectivity index (χ0) is 15.4. The number of rotatable bonds is 4. The molecule has 0 amide bonds. The summed E-state index contributed by atoms with van der Waals surface area (Å²) in [4.78, 5) is 13.5. The fourth-order valence-corrected chi connectivity index (χ4v) is 2.49. The number of hydrogen-bond acceptors (Lipinski definition) is 6. The Hall–Kier alpha value is -2.34. The van der Waals surface area contributed by atoms with Crippen molar-refractivity contribution < 1.29 is 4.74 Å². The Morgan fingerprint density at radius 2 is 1.86 bits per heavy atom. The Morgan fingerprint density at radius 3 is 2.64 bits per heavy atom. The summed E-state index contributed by atoms with van der Waals surface area (Å²) >= 11 is 0. The molecule has 2 heterocycles. The van der Waals surface area contributed by atoms with Gasteiger partial charge < -0.3 is 19.9 Å². The van der Waals surface area contributed by atoms with Crippen molar-refractivity contribution in [2.24, 2.45) is 0 Å². The summed E-state index contributed by atoms with van der Waals surface area (Å²) in [5.41, 5.74) is 0.862. The van der Waals surface area contributed by atoms with Crippen molar-refractivity contribution in [1.82, 2.24) is 14.9 Å². The number of aromatic nitrogens is 2. The molecular weight excluding hydrogens is 278 g/mol. The second kappa shape index (κ2) is 6.62. The van der Waals surface area contributed by atoms with Crippen LogP contribution in [0, 0.1) is 0 Å². The van der Waals surface area contributed by atoms with E-state index < -0.39 is 0 Å². The SMILES string of the molecule is COc1ccccc1Nc1nccc(N2CCN(C)CC2)n1. The Labute approximate surface area is 130 Å². The predicted octanol–water partition coefficient (Wildman–Crippen LogP) is 1.98. The molecule has 0 atom stereocenters. The number of likely N-dealkylation sites (N-methyl/N-ethyl adjacent to an activating group) is 1. The zero-order valence-electron chi connectivity index (χ0n) is 13.0. The van der Waals surface area contributed by atoms with E-state index in [2.05, 4.69) is 32.1 Å². The van der Waals surface area contributed by atoms with Gasteiger partial charge in [0.2, 0.25) is 5.95 Å². The van der Waals surface area contributed by atoms with Crippen LogP contribution in [0.2, 0.25) is 0 Å². The lowest BCUT2D eigenvalue weighted by Gasteiger charge is -2.33. The van der Waals surface area contributed by atoms with E-state index in [0.717, 1.165) is 43.4 Å². The van der Waals surface area contributed by atoms with E-state index in [0.29, 0.717) is 5.95 Å². The first-order valence-corrected chi connectivity index (χ1v) is 7.43. The Balaban J connectivity index is 1.76. The van der Waals surface area contributed by atoms with Crippen molar-refractivity contribution in [3.8, 4) is 5.75 Å². The van der Waals surface area contributed by atoms with Gasteiger partial charge in [-0.2, -0.15) is 4.98 Å². The Kier molecular flexibility index (Phi) is 4.39. The maximum atomic E-state index is 5.34. The summed E-state index contributed by atoms with van der Waals surface area (Å²) in [6.07, 6.45) is 1.79. The molecule has 0 radical (unpaired) electrons. The molecule has 6 nitrogen and oxygen atoms in total. The van der Waals surface area contributed by atoms with Crippen LogP contribution >= 0.6 is 0 Å². The summed E-state index contributed by atoms with van der Waals surface area (Å²) in [5.74, 6) is 2.32. The first-order chi connectivity index (χ1) is 10.8. The van der Waals surface area contributed by atoms with Gasteiger partial charge in [0.25, 0.3) is 0 Å². The van der Waals surface area contributed by atoms with Crippen LogP contribution in [0.4, 0.5) is 17.5 Å². The minimum atomic E-state index is 0.584. The normalized spacial score (nSPS) is 15.6. The Bertz CT molecular complexity index is 625. The van der Waals surface area contributed by atoms with Gasteiger partial charge in [-0.25, -0.2) is 4.98 Å². The van der Waals surface area contributed by atoms with Gasteiger partial charge in [0, 0.05) is 32.4 Å². The van der Waals surface area contributed by atoms with E-state index in [1.165, 1.54) is 0 Å². The van der Waals surface area contributed by atoms with Crippen molar-refractivity contribution in [3.63, 3.8) is 0 Å². The molecule has 0 saturated carbocycles. The molecule has 0 spiro atoms. The second-order valence-electron chi connectivity index (χ2n) is 5.35. The first kappa shape index (κ1) is 14.6. The highest BCUT2D eigenvalue weighted by Gasteiger charge is 2.16. The largest absolute Gasteiger partial charge is 0.495 e. The Morgan fingerprint density at radius 1 is 1.09 bits per heavy atom. The van der Waals surface area contributed by atoms with Gasteiger partial charge in [-0.15, -0.1) is 0 Å². The van der Waals surface area contributed by atoms with Crippen LogP contribution in [0.15, 0.2) is 36.5 Å². The number of nitrogens with one attached hydrogen (secondary N) is 1. The highest BCUT2D eigenvalue weighted by atomic mass is 16.5. The molecule has 2 aromatic rings. The fraction of sp³-hybridized carbons (Fsp3) is 0.375. The zero-order valence-corrected chi connectivity index (χ0v) is 13.0. The lowest BCUT2D eigenvalue weighted by molar-refractivity contribution is 0.312. The van der Waals surface area contributed by atoms with Crippen LogP contribution in [0.25, 0.3) is 0 Å². The van der Waals surface area contributed by atoms with Crippen molar-refractivity contribution in [3.05, 3.63) is 36.5 Å². The number of anilines is 3. The smallest absolute Gasteiger partial charge is 0.229 e. The predicted molar refractivity (Wildman–Crippen MR) is 88.0 cm³/mol. The van der Waals surface area contributed by atoms with Gasteiger partial charge in [-0.05, 0) is 25.2 Å². The maximum absolute atomic E-state index is 5.34. The minimum Gasteiger partial charge on any atom is -0.495 e. The third-order valence-electron chi connectivity index (χ3n) is 3.82. The molecule has 1 fully saturated rings.